The van der Waals surface area contributed by atoms with Gasteiger partial charge in [0.15, 0.2) is 6.10 Å². The van der Waals surface area contributed by atoms with Gasteiger partial charge in [-0.25, -0.2) is 14.8 Å². The maximum absolute atomic E-state index is 13.0. The number of imidazole rings is 2. The number of nitrogens with one attached hydrogen (secondary N) is 2. The number of nitrogens with zero attached hydrogens (tertiary/aromatic N) is 3. The highest BCUT2D eigenvalue weighted by Crippen LogP contribution is 2.33. The van der Waals surface area contributed by atoms with E-state index in [4.69, 9.17) is 4.74 Å². The first-order valence-electron chi connectivity index (χ1n) is 9.68. The van der Waals surface area contributed by atoms with Gasteiger partial charge in [0.1, 0.15) is 17.1 Å². The molecule has 1 unspecified atom stereocenters. The Labute approximate surface area is 181 Å². The van der Waals surface area contributed by atoms with Crippen molar-refractivity contribution in [2.24, 2.45) is 4.99 Å². The van der Waals surface area contributed by atoms with E-state index in [1.165, 1.54) is 25.0 Å². The van der Waals surface area contributed by atoms with Crippen molar-refractivity contribution in [1.29, 1.82) is 0 Å². The zero-order valence-corrected chi connectivity index (χ0v) is 16.5. The lowest BCUT2D eigenvalue weighted by Gasteiger charge is -2.17. The van der Waals surface area contributed by atoms with Crippen LogP contribution in [0.5, 0.6) is 0 Å². The van der Waals surface area contributed by atoms with Crippen LogP contribution in [-0.2, 0) is 4.74 Å². The van der Waals surface area contributed by atoms with Gasteiger partial charge in [0.05, 0.1) is 12.7 Å². The number of ether oxygens (including phenoxy) is 1. The van der Waals surface area contributed by atoms with Gasteiger partial charge in [-0.2, -0.15) is 4.99 Å². The molecule has 1 amide bonds. The molecular weight excluding hydrogens is 410 g/mol. The molecule has 0 aliphatic carbocycles. The molecular formula is C23H15N5O4. The highest BCUT2D eigenvalue weighted by molar-refractivity contribution is 6.21. The molecule has 0 bridgehead atoms. The first-order valence-corrected chi connectivity index (χ1v) is 9.68. The van der Waals surface area contributed by atoms with Crippen LogP contribution in [0.3, 0.4) is 0 Å². The summed E-state index contributed by atoms with van der Waals surface area (Å²) < 4.78 is 5.49. The second-order valence-corrected chi connectivity index (χ2v) is 6.96. The molecule has 0 saturated carbocycles. The van der Waals surface area contributed by atoms with E-state index in [2.05, 4.69) is 24.9 Å². The van der Waals surface area contributed by atoms with Gasteiger partial charge >= 0.3 is 6.09 Å². The summed E-state index contributed by atoms with van der Waals surface area (Å²) in [4.78, 5) is 55.8. The van der Waals surface area contributed by atoms with E-state index in [9.17, 15) is 14.4 Å². The molecule has 2 aromatic heterocycles. The number of hydrogen-bond donors (Lipinski definition) is 2. The largest absolute Gasteiger partial charge is 0.435 e. The van der Waals surface area contributed by atoms with Crippen LogP contribution < -0.4 is 0 Å². The first kappa shape index (κ1) is 19.3. The van der Waals surface area contributed by atoms with Gasteiger partial charge in [0.2, 0.25) is 11.6 Å². The SMILES string of the molecule is O=C1N=C(c2ccccc2C(=O)c2c[nH]cn2)C(c2ccccc2C(=O)c2c[nH]cn2)O1. The zero-order chi connectivity index (χ0) is 22.1. The van der Waals surface area contributed by atoms with Crippen LogP contribution in [0.4, 0.5) is 4.79 Å². The molecule has 0 spiro atoms. The highest BCUT2D eigenvalue weighted by Gasteiger charge is 2.35. The number of rotatable bonds is 6. The number of hydrogen-bond acceptors (Lipinski definition) is 6. The maximum Gasteiger partial charge on any atom is 0.435 e. The predicted octanol–water partition coefficient (Wildman–Crippen LogP) is 3.28. The van der Waals surface area contributed by atoms with E-state index in [0.29, 0.717) is 22.3 Å². The Morgan fingerprint density at radius 3 is 2.06 bits per heavy atom. The molecule has 0 fully saturated rings. The van der Waals surface area contributed by atoms with Crippen molar-refractivity contribution in [2.75, 3.05) is 0 Å². The number of amides is 1. The minimum atomic E-state index is -0.963. The van der Waals surface area contributed by atoms with E-state index in [0.717, 1.165) is 0 Å². The van der Waals surface area contributed by atoms with Crippen molar-refractivity contribution in [3.05, 3.63) is 107 Å². The average molecular weight is 425 g/mol. The fraction of sp³-hybridized carbons (Fsp3) is 0.0435. The summed E-state index contributed by atoms with van der Waals surface area (Å²) in [6, 6.07) is 13.5. The lowest BCUT2D eigenvalue weighted by molar-refractivity contribution is 0.102. The number of aromatic amines is 2. The summed E-state index contributed by atoms with van der Waals surface area (Å²) in [5.74, 6) is -0.659. The molecule has 2 N–H and O–H groups in total. The standard InChI is InChI=1S/C23H15N5O4/c29-20(17-9-24-11-26-17)14-6-2-1-5-13(14)19-22(32-23(31)28-19)16-8-4-3-7-15(16)21(30)18-10-25-12-27-18/h1-12,22H,(H,24,26)(H,25,27). The first-order chi connectivity index (χ1) is 15.6. The van der Waals surface area contributed by atoms with Crippen LogP contribution in [0.2, 0.25) is 0 Å². The van der Waals surface area contributed by atoms with E-state index < -0.39 is 12.2 Å². The number of aromatic nitrogens is 4. The summed E-state index contributed by atoms with van der Waals surface area (Å²) in [6.45, 7) is 0. The van der Waals surface area contributed by atoms with Gasteiger partial charge in [-0.3, -0.25) is 9.59 Å². The molecule has 0 radical (unpaired) electrons. The third-order valence-electron chi connectivity index (χ3n) is 5.08. The Bertz CT molecular complexity index is 1360. The van der Waals surface area contributed by atoms with Crippen molar-refractivity contribution < 1.29 is 19.1 Å². The van der Waals surface area contributed by atoms with Crippen LogP contribution in [-0.4, -0.2) is 43.3 Å². The summed E-state index contributed by atoms with van der Waals surface area (Å²) in [5.41, 5.74) is 2.23. The summed E-state index contributed by atoms with van der Waals surface area (Å²) in [6.07, 6.45) is 4.05. The molecule has 9 nitrogen and oxygen atoms in total. The summed E-state index contributed by atoms with van der Waals surface area (Å²) in [5, 5.41) is 0. The van der Waals surface area contributed by atoms with Crippen molar-refractivity contribution in [3.63, 3.8) is 0 Å². The van der Waals surface area contributed by atoms with Crippen LogP contribution >= 0.6 is 0 Å². The molecule has 5 rings (SSSR count). The maximum atomic E-state index is 13.0. The normalized spacial score (nSPS) is 15.3. The lowest BCUT2D eigenvalue weighted by Crippen LogP contribution is -2.19. The molecule has 156 valence electrons. The van der Waals surface area contributed by atoms with Crippen LogP contribution in [0.15, 0.2) is 78.6 Å². The van der Waals surface area contributed by atoms with Crippen molar-refractivity contribution in [1.82, 2.24) is 19.9 Å². The molecule has 32 heavy (non-hydrogen) atoms. The van der Waals surface area contributed by atoms with Crippen LogP contribution in [0, 0.1) is 0 Å². The third kappa shape index (κ3) is 3.31. The second kappa shape index (κ2) is 7.88. The van der Waals surface area contributed by atoms with E-state index in [1.807, 2.05) is 0 Å². The fourth-order valence-electron chi connectivity index (χ4n) is 3.63. The van der Waals surface area contributed by atoms with Gasteiger partial charge in [0.25, 0.3) is 0 Å². The Hall–Kier alpha value is -4.66. The number of ketones is 2. The smallest absolute Gasteiger partial charge is 0.433 e. The number of H-pyrrole nitrogens is 2. The van der Waals surface area contributed by atoms with Gasteiger partial charge in [-0.15, -0.1) is 0 Å². The third-order valence-corrected chi connectivity index (χ3v) is 5.08. The lowest BCUT2D eigenvalue weighted by atomic mass is 9.90. The molecule has 1 atom stereocenters. The molecule has 1 aliphatic rings. The Balaban J connectivity index is 1.60. The zero-order valence-electron chi connectivity index (χ0n) is 16.5. The van der Waals surface area contributed by atoms with Crippen LogP contribution in [0.1, 0.15) is 49.3 Å². The topological polar surface area (TPSA) is 130 Å². The second-order valence-electron chi connectivity index (χ2n) is 6.96. The number of aliphatic imine (C=N–C) groups is 1. The van der Waals surface area contributed by atoms with E-state index in [1.54, 1.807) is 48.5 Å². The highest BCUT2D eigenvalue weighted by atomic mass is 16.6. The fourth-order valence-corrected chi connectivity index (χ4v) is 3.63. The average Bonchev–Trinajstić information content (AvgIpc) is 3.60. The number of benzene rings is 2. The van der Waals surface area contributed by atoms with Crippen molar-refractivity contribution in [3.8, 4) is 0 Å². The minimum absolute atomic E-state index is 0.231. The van der Waals surface area contributed by atoms with E-state index in [-0.39, 0.29) is 28.7 Å². The Kier molecular flexibility index (Phi) is 4.75. The van der Waals surface area contributed by atoms with Crippen molar-refractivity contribution >= 4 is 23.4 Å². The van der Waals surface area contributed by atoms with Crippen LogP contribution in [0.25, 0.3) is 0 Å². The monoisotopic (exact) mass is 425 g/mol. The number of carbonyl (C=O) groups is 3. The number of cyclic esters (lactones) is 1. The quantitative estimate of drug-likeness (QED) is 0.456. The van der Waals surface area contributed by atoms with Gasteiger partial charge < -0.3 is 14.7 Å². The van der Waals surface area contributed by atoms with Gasteiger partial charge in [0, 0.05) is 34.6 Å². The summed E-state index contributed by atoms with van der Waals surface area (Å²) in [7, 11) is 0. The molecule has 3 heterocycles. The minimum Gasteiger partial charge on any atom is -0.433 e. The molecule has 2 aromatic carbocycles. The molecule has 1 aliphatic heterocycles. The molecule has 9 heteroatoms. The number of carbonyl (C=O) groups excluding carboxylic acids is 3. The van der Waals surface area contributed by atoms with Crippen molar-refractivity contribution in [2.45, 2.75) is 6.10 Å². The Morgan fingerprint density at radius 1 is 0.812 bits per heavy atom. The predicted molar refractivity (Wildman–Crippen MR) is 113 cm³/mol. The van der Waals surface area contributed by atoms with E-state index >= 15 is 0 Å². The van der Waals surface area contributed by atoms with Gasteiger partial charge in [-0.1, -0.05) is 48.5 Å². The molecule has 4 aromatic rings. The Morgan fingerprint density at radius 2 is 1.41 bits per heavy atom. The van der Waals surface area contributed by atoms with Gasteiger partial charge in [-0.05, 0) is 0 Å². The molecule has 0 saturated heterocycles. The summed E-state index contributed by atoms with van der Waals surface area (Å²) >= 11 is 0.